The van der Waals surface area contributed by atoms with Crippen molar-refractivity contribution in [3.05, 3.63) is 98.5 Å². The largest absolute Gasteiger partial charge is 0.464 e. The molecule has 0 aromatic heterocycles. The van der Waals surface area contributed by atoms with Crippen molar-refractivity contribution in [2.24, 2.45) is 5.10 Å². The normalized spacial score (nSPS) is 20.0. The van der Waals surface area contributed by atoms with Crippen molar-refractivity contribution in [2.45, 2.75) is 32.5 Å². The number of ether oxygens (including phenoxy) is 1. The van der Waals surface area contributed by atoms with E-state index in [1.54, 1.807) is 0 Å². The molecular formula is C24H20Cl2N2O. The first-order chi connectivity index (χ1) is 14.0. The van der Waals surface area contributed by atoms with E-state index in [9.17, 15) is 0 Å². The maximum absolute atomic E-state index is 6.38. The molecule has 0 N–H and O–H groups in total. The SMILES string of the molecule is Cc1ccc(C)c(C2=NN3[C@@H](c4cccc(Cl)c4)Oc4ccc(Cl)cc4[C@@H]3C2)c1. The molecule has 0 spiro atoms. The zero-order chi connectivity index (χ0) is 20.1. The molecule has 5 rings (SSSR count). The van der Waals surface area contributed by atoms with Gasteiger partial charge >= 0.3 is 0 Å². The summed E-state index contributed by atoms with van der Waals surface area (Å²) < 4.78 is 6.38. The highest BCUT2D eigenvalue weighted by atomic mass is 35.5. The lowest BCUT2D eigenvalue weighted by Gasteiger charge is -2.38. The highest BCUT2D eigenvalue weighted by molar-refractivity contribution is 6.31. The van der Waals surface area contributed by atoms with Gasteiger partial charge in [0.1, 0.15) is 5.75 Å². The summed E-state index contributed by atoms with van der Waals surface area (Å²) >= 11 is 12.6. The van der Waals surface area contributed by atoms with Gasteiger partial charge in [0.05, 0.1) is 11.8 Å². The van der Waals surface area contributed by atoms with E-state index >= 15 is 0 Å². The second-order valence-electron chi connectivity index (χ2n) is 7.67. The first-order valence-electron chi connectivity index (χ1n) is 9.64. The van der Waals surface area contributed by atoms with Crippen LogP contribution in [0, 0.1) is 13.8 Å². The standard InChI is InChI=1S/C24H20Cl2N2O/c1-14-6-7-15(2)19(10-14)21-13-22-20-12-18(26)8-9-23(20)29-24(28(22)27-21)16-4-3-5-17(25)11-16/h3-12,22,24H,13H2,1-2H3/t22-,24+/m0/s1. The first kappa shape index (κ1) is 18.5. The van der Waals surface area contributed by atoms with E-state index in [0.717, 1.165) is 29.0 Å². The van der Waals surface area contributed by atoms with Crippen LogP contribution in [0.4, 0.5) is 0 Å². The number of fused-ring (bicyclic) bond motifs is 3. The molecule has 0 aliphatic carbocycles. The van der Waals surface area contributed by atoms with Crippen LogP contribution in [0.25, 0.3) is 0 Å². The Kier molecular flexibility index (Phi) is 4.53. The predicted molar refractivity (Wildman–Crippen MR) is 118 cm³/mol. The summed E-state index contributed by atoms with van der Waals surface area (Å²) in [6.45, 7) is 4.24. The number of hydrogen-bond donors (Lipinski definition) is 0. The van der Waals surface area contributed by atoms with Crippen LogP contribution in [0.5, 0.6) is 5.75 Å². The van der Waals surface area contributed by atoms with Gasteiger partial charge in [-0.2, -0.15) is 5.10 Å². The molecule has 29 heavy (non-hydrogen) atoms. The molecule has 2 atom stereocenters. The molecule has 3 nitrogen and oxygen atoms in total. The van der Waals surface area contributed by atoms with Crippen molar-refractivity contribution >= 4 is 28.9 Å². The van der Waals surface area contributed by atoms with Gasteiger partial charge in [-0.05, 0) is 55.8 Å². The molecule has 0 saturated heterocycles. The highest BCUT2D eigenvalue weighted by Gasteiger charge is 2.41. The van der Waals surface area contributed by atoms with E-state index in [-0.39, 0.29) is 12.3 Å². The lowest BCUT2D eigenvalue weighted by Crippen LogP contribution is -2.33. The van der Waals surface area contributed by atoms with Crippen LogP contribution in [0.3, 0.4) is 0 Å². The molecule has 0 bridgehead atoms. The van der Waals surface area contributed by atoms with Crippen molar-refractivity contribution in [3.63, 3.8) is 0 Å². The Bertz CT molecular complexity index is 1140. The Hall–Kier alpha value is -2.49. The number of benzene rings is 3. The van der Waals surface area contributed by atoms with E-state index in [1.165, 1.54) is 16.7 Å². The van der Waals surface area contributed by atoms with Crippen LogP contribution >= 0.6 is 23.2 Å². The fourth-order valence-corrected chi connectivity index (χ4v) is 4.53. The summed E-state index contributed by atoms with van der Waals surface area (Å²) in [6.07, 6.45) is 0.466. The second-order valence-corrected chi connectivity index (χ2v) is 8.55. The second kappa shape index (κ2) is 7.08. The van der Waals surface area contributed by atoms with Crippen LogP contribution in [0.1, 0.15) is 46.5 Å². The topological polar surface area (TPSA) is 24.8 Å². The van der Waals surface area contributed by atoms with Gasteiger partial charge in [0.2, 0.25) is 6.23 Å². The summed E-state index contributed by atoms with van der Waals surface area (Å²) in [5, 5.41) is 8.48. The smallest absolute Gasteiger partial charge is 0.213 e. The van der Waals surface area contributed by atoms with Gasteiger partial charge in [0.15, 0.2) is 0 Å². The third kappa shape index (κ3) is 3.29. The maximum atomic E-state index is 6.38. The Labute approximate surface area is 180 Å². The lowest BCUT2D eigenvalue weighted by atomic mass is 9.93. The zero-order valence-corrected chi connectivity index (χ0v) is 17.7. The van der Waals surface area contributed by atoms with Gasteiger partial charge in [-0.25, -0.2) is 5.01 Å². The molecule has 0 unspecified atom stereocenters. The average molecular weight is 423 g/mol. The minimum absolute atomic E-state index is 0.0661. The number of hydrogen-bond acceptors (Lipinski definition) is 3. The van der Waals surface area contributed by atoms with Crippen molar-refractivity contribution in [1.82, 2.24) is 5.01 Å². The monoisotopic (exact) mass is 422 g/mol. The van der Waals surface area contributed by atoms with Gasteiger partial charge in [-0.1, -0.05) is 53.0 Å². The predicted octanol–water partition coefficient (Wildman–Crippen LogP) is 6.85. The van der Waals surface area contributed by atoms with Gasteiger partial charge in [-0.15, -0.1) is 0 Å². The third-order valence-corrected chi connectivity index (χ3v) is 6.06. The Morgan fingerprint density at radius 1 is 0.966 bits per heavy atom. The van der Waals surface area contributed by atoms with Crippen molar-refractivity contribution in [1.29, 1.82) is 0 Å². The van der Waals surface area contributed by atoms with Crippen LogP contribution in [0.15, 0.2) is 65.8 Å². The number of rotatable bonds is 2. The van der Waals surface area contributed by atoms with E-state index in [0.29, 0.717) is 10.0 Å². The molecule has 2 aliphatic rings. The van der Waals surface area contributed by atoms with Gasteiger partial charge in [-0.3, -0.25) is 0 Å². The molecule has 0 radical (unpaired) electrons. The fourth-order valence-electron chi connectivity index (χ4n) is 4.15. The van der Waals surface area contributed by atoms with Crippen LogP contribution in [0.2, 0.25) is 10.0 Å². The summed E-state index contributed by atoms with van der Waals surface area (Å²) in [6, 6.07) is 20.1. The molecule has 0 fully saturated rings. The highest BCUT2D eigenvalue weighted by Crippen LogP contribution is 2.48. The minimum Gasteiger partial charge on any atom is -0.464 e. The summed E-state index contributed by atoms with van der Waals surface area (Å²) in [7, 11) is 0. The van der Waals surface area contributed by atoms with E-state index < -0.39 is 0 Å². The molecule has 146 valence electrons. The third-order valence-electron chi connectivity index (χ3n) is 5.59. The Balaban J connectivity index is 1.64. The number of nitrogens with zero attached hydrogens (tertiary/aromatic N) is 2. The summed E-state index contributed by atoms with van der Waals surface area (Å²) in [5.41, 5.74) is 6.76. The molecule has 0 amide bonds. The van der Waals surface area contributed by atoms with E-state index in [4.69, 9.17) is 33.0 Å². The number of aryl methyl sites for hydroxylation is 2. The Morgan fingerprint density at radius 2 is 1.79 bits per heavy atom. The molecular weight excluding hydrogens is 403 g/mol. The quantitative estimate of drug-likeness (QED) is 0.450. The Morgan fingerprint density at radius 3 is 2.62 bits per heavy atom. The van der Waals surface area contributed by atoms with Gasteiger partial charge in [0.25, 0.3) is 0 Å². The summed E-state index contributed by atoms with van der Waals surface area (Å²) in [4.78, 5) is 0. The lowest BCUT2D eigenvalue weighted by molar-refractivity contribution is -0.0190. The molecule has 2 heterocycles. The number of halogens is 2. The van der Waals surface area contributed by atoms with Crippen LogP contribution in [-0.4, -0.2) is 10.7 Å². The van der Waals surface area contributed by atoms with Crippen LogP contribution < -0.4 is 4.74 Å². The average Bonchev–Trinajstić information content (AvgIpc) is 3.15. The first-order valence-corrected chi connectivity index (χ1v) is 10.4. The van der Waals surface area contributed by atoms with Crippen molar-refractivity contribution < 1.29 is 4.74 Å². The van der Waals surface area contributed by atoms with Crippen molar-refractivity contribution in [2.75, 3.05) is 0 Å². The zero-order valence-electron chi connectivity index (χ0n) is 16.2. The fraction of sp³-hybridized carbons (Fsp3) is 0.208. The van der Waals surface area contributed by atoms with E-state index in [2.05, 4.69) is 37.1 Å². The van der Waals surface area contributed by atoms with Gasteiger partial charge < -0.3 is 4.74 Å². The molecule has 0 saturated carbocycles. The maximum Gasteiger partial charge on any atom is 0.213 e. The molecule has 5 heteroatoms. The van der Waals surface area contributed by atoms with E-state index in [1.807, 2.05) is 42.5 Å². The van der Waals surface area contributed by atoms with Gasteiger partial charge in [0, 0.05) is 33.2 Å². The molecule has 3 aromatic rings. The van der Waals surface area contributed by atoms with Crippen LogP contribution in [-0.2, 0) is 0 Å². The van der Waals surface area contributed by atoms with Crippen molar-refractivity contribution in [3.8, 4) is 5.75 Å². The molecule has 3 aromatic carbocycles. The minimum atomic E-state index is -0.338. The molecule has 2 aliphatic heterocycles. The summed E-state index contributed by atoms with van der Waals surface area (Å²) in [5.74, 6) is 0.845. The number of hydrazone groups is 1.